The Balaban J connectivity index is 2.06. The predicted molar refractivity (Wildman–Crippen MR) is 48.1 cm³/mol. The summed E-state index contributed by atoms with van der Waals surface area (Å²) < 4.78 is 0. The van der Waals surface area contributed by atoms with Crippen molar-refractivity contribution in [2.24, 2.45) is 5.73 Å². The second-order valence-corrected chi connectivity index (χ2v) is 3.21. The van der Waals surface area contributed by atoms with Crippen molar-refractivity contribution in [3.63, 3.8) is 0 Å². The van der Waals surface area contributed by atoms with Crippen molar-refractivity contribution < 1.29 is 5.11 Å². The molecule has 2 heterocycles. The van der Waals surface area contributed by atoms with Crippen molar-refractivity contribution in [1.29, 1.82) is 0 Å². The number of aliphatic hydroxyl groups is 1. The van der Waals surface area contributed by atoms with E-state index in [0.29, 0.717) is 5.95 Å². The lowest BCUT2D eigenvalue weighted by atomic mass is 10.1. The molecule has 5 heteroatoms. The van der Waals surface area contributed by atoms with E-state index in [0.717, 1.165) is 18.7 Å². The van der Waals surface area contributed by atoms with Gasteiger partial charge in [0, 0.05) is 37.1 Å². The summed E-state index contributed by atoms with van der Waals surface area (Å²) in [5.74, 6) is 0.693. The second kappa shape index (κ2) is 3.27. The Kier molecular flexibility index (Phi) is 2.12. The van der Waals surface area contributed by atoms with Gasteiger partial charge < -0.3 is 15.7 Å². The maximum absolute atomic E-state index is 8.77. The number of rotatable bonds is 2. The molecule has 1 aliphatic heterocycles. The molecule has 0 aromatic carbocycles. The highest BCUT2D eigenvalue weighted by atomic mass is 16.3. The van der Waals surface area contributed by atoms with Gasteiger partial charge in [-0.1, -0.05) is 0 Å². The first-order valence-corrected chi connectivity index (χ1v) is 4.22. The van der Waals surface area contributed by atoms with Crippen LogP contribution >= 0.6 is 0 Å². The van der Waals surface area contributed by atoms with E-state index < -0.39 is 0 Å². The SMILES string of the molecule is NC1CN(c2ncc(CO)cn2)C1. The minimum absolute atomic E-state index is 0.0141. The Bertz CT molecular complexity index is 281. The highest BCUT2D eigenvalue weighted by molar-refractivity contribution is 5.34. The lowest BCUT2D eigenvalue weighted by Crippen LogP contribution is -2.56. The third-order valence-electron chi connectivity index (χ3n) is 2.07. The number of nitrogens with two attached hydrogens (primary N) is 1. The van der Waals surface area contributed by atoms with E-state index in [1.54, 1.807) is 12.4 Å². The van der Waals surface area contributed by atoms with Gasteiger partial charge in [-0.05, 0) is 0 Å². The normalized spacial score (nSPS) is 17.2. The second-order valence-electron chi connectivity index (χ2n) is 3.21. The molecule has 0 atom stereocenters. The quantitative estimate of drug-likeness (QED) is 0.618. The van der Waals surface area contributed by atoms with Crippen molar-refractivity contribution in [2.75, 3.05) is 18.0 Å². The van der Waals surface area contributed by atoms with E-state index in [1.165, 1.54) is 0 Å². The number of aromatic nitrogens is 2. The van der Waals surface area contributed by atoms with Crippen LogP contribution in [0.5, 0.6) is 0 Å². The molecule has 0 unspecified atom stereocenters. The fraction of sp³-hybridized carbons (Fsp3) is 0.500. The first kappa shape index (κ1) is 8.40. The van der Waals surface area contributed by atoms with Gasteiger partial charge in [0.2, 0.25) is 5.95 Å². The van der Waals surface area contributed by atoms with Gasteiger partial charge >= 0.3 is 0 Å². The van der Waals surface area contributed by atoms with Crippen LogP contribution < -0.4 is 10.6 Å². The largest absolute Gasteiger partial charge is 0.392 e. The lowest BCUT2D eigenvalue weighted by molar-refractivity contribution is 0.281. The molecule has 1 aromatic rings. The van der Waals surface area contributed by atoms with Crippen LogP contribution in [0, 0.1) is 0 Å². The van der Waals surface area contributed by atoms with Crippen molar-refractivity contribution >= 4 is 5.95 Å². The smallest absolute Gasteiger partial charge is 0.225 e. The van der Waals surface area contributed by atoms with Crippen LogP contribution in [0.15, 0.2) is 12.4 Å². The maximum atomic E-state index is 8.77. The predicted octanol–water partition coefficient (Wildman–Crippen LogP) is -0.884. The fourth-order valence-corrected chi connectivity index (χ4v) is 1.27. The van der Waals surface area contributed by atoms with Gasteiger partial charge in [0.15, 0.2) is 0 Å². The Morgan fingerprint density at radius 1 is 1.46 bits per heavy atom. The number of hydrogen-bond acceptors (Lipinski definition) is 5. The molecule has 1 saturated heterocycles. The number of nitrogens with zero attached hydrogens (tertiary/aromatic N) is 3. The van der Waals surface area contributed by atoms with Gasteiger partial charge in [-0.2, -0.15) is 0 Å². The fourth-order valence-electron chi connectivity index (χ4n) is 1.27. The molecular weight excluding hydrogens is 168 g/mol. The van der Waals surface area contributed by atoms with E-state index in [9.17, 15) is 0 Å². The third-order valence-corrected chi connectivity index (χ3v) is 2.07. The van der Waals surface area contributed by atoms with E-state index in [-0.39, 0.29) is 12.6 Å². The molecule has 1 aliphatic rings. The molecule has 13 heavy (non-hydrogen) atoms. The minimum Gasteiger partial charge on any atom is -0.392 e. The zero-order chi connectivity index (χ0) is 9.26. The number of hydrogen-bond donors (Lipinski definition) is 2. The summed E-state index contributed by atoms with van der Waals surface area (Å²) in [5.41, 5.74) is 6.36. The average molecular weight is 180 g/mol. The summed E-state index contributed by atoms with van der Waals surface area (Å²) in [6.07, 6.45) is 3.26. The molecule has 0 spiro atoms. The molecule has 0 radical (unpaired) electrons. The first-order chi connectivity index (χ1) is 6.29. The molecule has 70 valence electrons. The number of anilines is 1. The van der Waals surface area contributed by atoms with Gasteiger partial charge in [-0.25, -0.2) is 9.97 Å². The summed E-state index contributed by atoms with van der Waals surface area (Å²) in [5, 5.41) is 8.77. The molecule has 0 aliphatic carbocycles. The highest BCUT2D eigenvalue weighted by Gasteiger charge is 2.24. The van der Waals surface area contributed by atoms with E-state index in [4.69, 9.17) is 10.8 Å². The van der Waals surface area contributed by atoms with Gasteiger partial charge in [-0.3, -0.25) is 0 Å². The molecule has 5 nitrogen and oxygen atoms in total. The monoisotopic (exact) mass is 180 g/mol. The van der Waals surface area contributed by atoms with Crippen LogP contribution in [0.3, 0.4) is 0 Å². The van der Waals surface area contributed by atoms with Crippen LogP contribution in [0.4, 0.5) is 5.95 Å². The van der Waals surface area contributed by atoms with Crippen molar-refractivity contribution in [1.82, 2.24) is 9.97 Å². The minimum atomic E-state index is -0.0141. The van der Waals surface area contributed by atoms with E-state index >= 15 is 0 Å². The molecule has 0 saturated carbocycles. The van der Waals surface area contributed by atoms with E-state index in [2.05, 4.69) is 9.97 Å². The average Bonchev–Trinajstić information content (AvgIpc) is 2.13. The molecule has 2 rings (SSSR count). The van der Waals surface area contributed by atoms with Gasteiger partial charge in [0.1, 0.15) is 0 Å². The Morgan fingerprint density at radius 3 is 2.54 bits per heavy atom. The maximum Gasteiger partial charge on any atom is 0.225 e. The molecule has 1 fully saturated rings. The number of aliphatic hydroxyl groups excluding tert-OH is 1. The van der Waals surface area contributed by atoms with Crippen LogP contribution in [0.2, 0.25) is 0 Å². The van der Waals surface area contributed by atoms with Crippen molar-refractivity contribution in [2.45, 2.75) is 12.6 Å². The zero-order valence-electron chi connectivity index (χ0n) is 7.22. The summed E-state index contributed by atoms with van der Waals surface area (Å²) in [7, 11) is 0. The highest BCUT2D eigenvalue weighted by Crippen LogP contribution is 2.13. The van der Waals surface area contributed by atoms with E-state index in [1.807, 2.05) is 4.90 Å². The topological polar surface area (TPSA) is 75.3 Å². The molecular formula is C8H12N4O. The molecule has 3 N–H and O–H groups in total. The van der Waals surface area contributed by atoms with Gasteiger partial charge in [-0.15, -0.1) is 0 Å². The third kappa shape index (κ3) is 1.61. The van der Waals surface area contributed by atoms with Crippen LogP contribution in [0.1, 0.15) is 5.56 Å². The molecule has 1 aromatic heterocycles. The summed E-state index contributed by atoms with van der Waals surface area (Å²) in [4.78, 5) is 10.2. The summed E-state index contributed by atoms with van der Waals surface area (Å²) >= 11 is 0. The Hall–Kier alpha value is -1.20. The first-order valence-electron chi connectivity index (χ1n) is 4.22. The van der Waals surface area contributed by atoms with Gasteiger partial charge in [0.05, 0.1) is 6.61 Å². The molecule has 0 bridgehead atoms. The molecule has 0 amide bonds. The van der Waals surface area contributed by atoms with Crippen LogP contribution in [0.25, 0.3) is 0 Å². The van der Waals surface area contributed by atoms with Crippen molar-refractivity contribution in [3.8, 4) is 0 Å². The van der Waals surface area contributed by atoms with Crippen LogP contribution in [-0.2, 0) is 6.61 Å². The standard InChI is InChI=1S/C8H12N4O/c9-7-3-12(4-7)8-10-1-6(5-13)2-11-8/h1-2,7,13H,3-5,9H2. The lowest BCUT2D eigenvalue weighted by Gasteiger charge is -2.36. The summed E-state index contributed by atoms with van der Waals surface area (Å²) in [6, 6.07) is 0.251. The zero-order valence-corrected chi connectivity index (χ0v) is 7.22. The Labute approximate surface area is 76.2 Å². The summed E-state index contributed by atoms with van der Waals surface area (Å²) in [6.45, 7) is 1.62. The van der Waals surface area contributed by atoms with Crippen LogP contribution in [-0.4, -0.2) is 34.2 Å². The Morgan fingerprint density at radius 2 is 2.08 bits per heavy atom. The van der Waals surface area contributed by atoms with Gasteiger partial charge in [0.25, 0.3) is 0 Å². The van der Waals surface area contributed by atoms with Crippen molar-refractivity contribution in [3.05, 3.63) is 18.0 Å².